The SMILES string of the molecule is COC(=O)CNc1csc(-c2ccccc2)c1Cl. The average Bonchev–Trinajstić information content (AvgIpc) is 2.78. The van der Waals surface area contributed by atoms with Crippen LogP contribution in [0.2, 0.25) is 5.02 Å². The third-order valence-corrected chi connectivity index (χ3v) is 3.95. The van der Waals surface area contributed by atoms with Crippen molar-refractivity contribution in [3.05, 3.63) is 40.7 Å². The van der Waals surface area contributed by atoms with Crippen LogP contribution in [0.5, 0.6) is 0 Å². The number of halogens is 1. The highest BCUT2D eigenvalue weighted by Gasteiger charge is 2.11. The van der Waals surface area contributed by atoms with Gasteiger partial charge in [-0.25, -0.2) is 0 Å². The van der Waals surface area contributed by atoms with E-state index in [0.717, 1.165) is 16.1 Å². The van der Waals surface area contributed by atoms with Gasteiger partial charge in [-0.1, -0.05) is 41.9 Å². The van der Waals surface area contributed by atoms with Crippen LogP contribution < -0.4 is 5.32 Å². The predicted molar refractivity (Wildman–Crippen MR) is 75.3 cm³/mol. The van der Waals surface area contributed by atoms with Gasteiger partial charge in [0.2, 0.25) is 0 Å². The van der Waals surface area contributed by atoms with E-state index in [9.17, 15) is 4.79 Å². The summed E-state index contributed by atoms with van der Waals surface area (Å²) in [5, 5.41) is 5.49. The Labute approximate surface area is 114 Å². The van der Waals surface area contributed by atoms with Crippen molar-refractivity contribution < 1.29 is 9.53 Å². The number of methoxy groups -OCH3 is 1. The number of thiophene rings is 1. The van der Waals surface area contributed by atoms with Crippen molar-refractivity contribution in [2.45, 2.75) is 0 Å². The van der Waals surface area contributed by atoms with E-state index in [0.29, 0.717) is 5.02 Å². The smallest absolute Gasteiger partial charge is 0.325 e. The normalized spacial score (nSPS) is 10.1. The third-order valence-electron chi connectivity index (χ3n) is 2.42. The monoisotopic (exact) mass is 281 g/mol. The topological polar surface area (TPSA) is 38.3 Å². The lowest BCUT2D eigenvalue weighted by Gasteiger charge is -2.03. The summed E-state index contributed by atoms with van der Waals surface area (Å²) in [5.41, 5.74) is 1.82. The van der Waals surface area contributed by atoms with E-state index in [1.165, 1.54) is 7.11 Å². The van der Waals surface area contributed by atoms with Crippen molar-refractivity contribution >= 4 is 34.6 Å². The molecule has 2 rings (SSSR count). The molecule has 0 saturated heterocycles. The van der Waals surface area contributed by atoms with Crippen LogP contribution >= 0.6 is 22.9 Å². The molecule has 0 fully saturated rings. The molecule has 2 aromatic rings. The molecule has 0 bridgehead atoms. The molecule has 5 heteroatoms. The first-order chi connectivity index (χ1) is 8.72. The number of carbonyl (C=O) groups excluding carboxylic acids is 1. The van der Waals surface area contributed by atoms with E-state index in [4.69, 9.17) is 11.6 Å². The molecule has 1 aromatic carbocycles. The molecule has 0 spiro atoms. The molecule has 0 unspecified atom stereocenters. The minimum Gasteiger partial charge on any atom is -0.468 e. The van der Waals surface area contributed by atoms with Gasteiger partial charge in [0.15, 0.2) is 0 Å². The number of rotatable bonds is 4. The standard InChI is InChI=1S/C13H12ClNO2S/c1-17-11(16)7-15-10-8-18-13(12(10)14)9-5-3-2-4-6-9/h2-6,8,15H,7H2,1H3. The van der Waals surface area contributed by atoms with Gasteiger partial charge in [0.25, 0.3) is 0 Å². The number of hydrogen-bond donors (Lipinski definition) is 1. The maximum absolute atomic E-state index is 11.0. The van der Waals surface area contributed by atoms with Crippen molar-refractivity contribution in [3.63, 3.8) is 0 Å². The molecular weight excluding hydrogens is 270 g/mol. The molecule has 0 aliphatic rings. The first kappa shape index (κ1) is 12.9. The number of esters is 1. The molecule has 3 nitrogen and oxygen atoms in total. The molecule has 0 radical (unpaired) electrons. The van der Waals surface area contributed by atoms with Gasteiger partial charge in [-0.05, 0) is 5.56 Å². The van der Waals surface area contributed by atoms with Crippen LogP contribution in [-0.2, 0) is 9.53 Å². The lowest BCUT2D eigenvalue weighted by molar-refractivity contribution is -0.138. The summed E-state index contributed by atoms with van der Waals surface area (Å²) in [6.07, 6.45) is 0. The molecule has 0 saturated carbocycles. The van der Waals surface area contributed by atoms with Gasteiger partial charge >= 0.3 is 5.97 Å². The molecular formula is C13H12ClNO2S. The zero-order valence-electron chi connectivity index (χ0n) is 9.77. The van der Waals surface area contributed by atoms with Crippen LogP contribution in [0.3, 0.4) is 0 Å². The van der Waals surface area contributed by atoms with Crippen LogP contribution in [0.25, 0.3) is 10.4 Å². The van der Waals surface area contributed by atoms with Gasteiger partial charge in [0, 0.05) is 5.38 Å². The Morgan fingerprint density at radius 3 is 2.78 bits per heavy atom. The van der Waals surface area contributed by atoms with Crippen molar-refractivity contribution in [2.24, 2.45) is 0 Å². The number of anilines is 1. The fourth-order valence-corrected chi connectivity index (χ4v) is 2.84. The summed E-state index contributed by atoms with van der Waals surface area (Å²) in [4.78, 5) is 12.0. The second kappa shape index (κ2) is 5.89. The quantitative estimate of drug-likeness (QED) is 0.869. The van der Waals surface area contributed by atoms with Gasteiger partial charge in [-0.3, -0.25) is 4.79 Å². The fraction of sp³-hybridized carbons (Fsp3) is 0.154. The van der Waals surface area contributed by atoms with Crippen LogP contribution in [0.15, 0.2) is 35.7 Å². The second-order valence-corrected chi connectivity index (χ2v) is 4.85. The van der Waals surface area contributed by atoms with Gasteiger partial charge in [0.05, 0.1) is 22.7 Å². The van der Waals surface area contributed by atoms with Crippen LogP contribution in [-0.4, -0.2) is 19.6 Å². The van der Waals surface area contributed by atoms with Gasteiger partial charge in [-0.15, -0.1) is 11.3 Å². The lowest BCUT2D eigenvalue weighted by Crippen LogP contribution is -2.14. The molecule has 1 heterocycles. The Kier molecular flexibility index (Phi) is 4.23. The summed E-state index contributed by atoms with van der Waals surface area (Å²) in [6, 6.07) is 9.89. The first-order valence-corrected chi connectivity index (χ1v) is 6.61. The number of nitrogens with one attached hydrogen (secondary N) is 1. The maximum Gasteiger partial charge on any atom is 0.325 e. The minimum atomic E-state index is -0.321. The Bertz CT molecular complexity index is 539. The third kappa shape index (κ3) is 2.83. The molecule has 94 valence electrons. The molecule has 0 aliphatic carbocycles. The molecule has 0 atom stereocenters. The van der Waals surface area contributed by atoms with E-state index >= 15 is 0 Å². The largest absolute Gasteiger partial charge is 0.468 e. The van der Waals surface area contributed by atoms with E-state index in [1.54, 1.807) is 11.3 Å². The number of carbonyl (C=O) groups is 1. The summed E-state index contributed by atoms with van der Waals surface area (Å²) in [7, 11) is 1.36. The average molecular weight is 282 g/mol. The van der Waals surface area contributed by atoms with Crippen molar-refractivity contribution in [2.75, 3.05) is 19.0 Å². The van der Waals surface area contributed by atoms with Crippen molar-refractivity contribution in [1.82, 2.24) is 0 Å². The highest BCUT2D eigenvalue weighted by Crippen LogP contribution is 2.39. The molecule has 1 aromatic heterocycles. The number of benzene rings is 1. The van der Waals surface area contributed by atoms with E-state index in [2.05, 4.69) is 10.1 Å². The Balaban J connectivity index is 2.17. The van der Waals surface area contributed by atoms with Gasteiger partial charge in [-0.2, -0.15) is 0 Å². The van der Waals surface area contributed by atoms with Gasteiger partial charge < -0.3 is 10.1 Å². The van der Waals surface area contributed by atoms with Crippen LogP contribution in [0, 0.1) is 0 Å². The fourth-order valence-electron chi connectivity index (χ4n) is 1.49. The summed E-state index contributed by atoms with van der Waals surface area (Å²) in [6.45, 7) is 0.112. The molecule has 18 heavy (non-hydrogen) atoms. The Morgan fingerprint density at radius 1 is 1.39 bits per heavy atom. The Hall–Kier alpha value is -1.52. The van der Waals surface area contributed by atoms with Crippen LogP contribution in [0.4, 0.5) is 5.69 Å². The van der Waals surface area contributed by atoms with Crippen molar-refractivity contribution in [3.8, 4) is 10.4 Å². The van der Waals surface area contributed by atoms with Crippen LogP contribution in [0.1, 0.15) is 0 Å². The second-order valence-electron chi connectivity index (χ2n) is 3.59. The van der Waals surface area contributed by atoms with E-state index in [-0.39, 0.29) is 12.5 Å². The van der Waals surface area contributed by atoms with Crippen molar-refractivity contribution in [1.29, 1.82) is 0 Å². The first-order valence-electron chi connectivity index (χ1n) is 5.35. The maximum atomic E-state index is 11.0. The lowest BCUT2D eigenvalue weighted by atomic mass is 10.2. The minimum absolute atomic E-state index is 0.112. The Morgan fingerprint density at radius 2 is 2.11 bits per heavy atom. The summed E-state index contributed by atoms with van der Waals surface area (Å²) in [5.74, 6) is -0.321. The number of ether oxygens (including phenoxy) is 1. The highest BCUT2D eigenvalue weighted by molar-refractivity contribution is 7.15. The zero-order valence-corrected chi connectivity index (χ0v) is 11.3. The van der Waals surface area contributed by atoms with Gasteiger partial charge in [0.1, 0.15) is 6.54 Å². The van der Waals surface area contributed by atoms with E-state index < -0.39 is 0 Å². The predicted octanol–water partition coefficient (Wildman–Crippen LogP) is 3.65. The number of hydrogen-bond acceptors (Lipinski definition) is 4. The summed E-state index contributed by atoms with van der Waals surface area (Å²) < 4.78 is 4.56. The zero-order chi connectivity index (χ0) is 13.0. The molecule has 1 N–H and O–H groups in total. The summed E-state index contributed by atoms with van der Waals surface area (Å²) >= 11 is 7.82. The molecule has 0 amide bonds. The van der Waals surface area contributed by atoms with E-state index in [1.807, 2.05) is 35.7 Å². The molecule has 0 aliphatic heterocycles. The highest BCUT2D eigenvalue weighted by atomic mass is 35.5.